The molecule has 1 N–H and O–H groups in total. The Morgan fingerprint density at radius 3 is 2.19 bits per heavy atom. The number of ether oxygens (including phenoxy) is 1. The van der Waals surface area contributed by atoms with E-state index in [1.165, 1.54) is 55.6 Å². The Morgan fingerprint density at radius 1 is 0.915 bits per heavy atom. The van der Waals surface area contributed by atoms with Crippen molar-refractivity contribution in [1.82, 2.24) is 0 Å². The van der Waals surface area contributed by atoms with Crippen LogP contribution >= 0.6 is 23.2 Å². The number of hydrogen-bond donors (Lipinski definition) is 1. The Hall–Kier alpha value is -4.81. The lowest BCUT2D eigenvalue weighted by molar-refractivity contribution is -0.384. The molecule has 0 radical (unpaired) electrons. The topological polar surface area (TPSA) is 147 Å². The molecule has 2 aliphatic carbocycles. The Morgan fingerprint density at radius 2 is 1.55 bits per heavy atom. The standard InChI is InChI=1S/C33H24Cl2FN3O8/c1-47-24-4-2-3-22(27(24)40)26-20-13-14-21-25(29(42)37(28(21)41)17-9-11-19(12-10-17)39(45)46)23(20)15-32(34)30(43)38(31(44)33(26,32)35)18-7-5-16(36)6-8-18/h2-13,21,23,25-26,40H,14-15H2,1H3. The minimum atomic E-state index is -2.23. The second-order valence-electron chi connectivity index (χ2n) is 11.9. The number of alkyl halides is 2. The third kappa shape index (κ3) is 4.10. The molecule has 14 heteroatoms. The van der Waals surface area contributed by atoms with Crippen LogP contribution in [-0.2, 0) is 19.2 Å². The Labute approximate surface area is 276 Å². The summed E-state index contributed by atoms with van der Waals surface area (Å²) in [6, 6.07) is 14.2. The molecule has 7 rings (SSSR count). The largest absolute Gasteiger partial charge is 0.504 e. The molecule has 4 amide bonds. The first-order valence-corrected chi connectivity index (χ1v) is 15.3. The van der Waals surface area contributed by atoms with Crippen molar-refractivity contribution in [1.29, 1.82) is 0 Å². The predicted molar refractivity (Wildman–Crippen MR) is 167 cm³/mol. The number of para-hydroxylation sites is 1. The van der Waals surface area contributed by atoms with Gasteiger partial charge in [0, 0.05) is 23.6 Å². The van der Waals surface area contributed by atoms with Crippen molar-refractivity contribution in [3.8, 4) is 11.5 Å². The third-order valence-corrected chi connectivity index (χ3v) is 11.2. The summed E-state index contributed by atoms with van der Waals surface area (Å²) in [5, 5.41) is 22.6. The summed E-state index contributed by atoms with van der Waals surface area (Å²) in [6.45, 7) is 0. The molecular formula is C33H24Cl2FN3O8. The number of nitrogens with zero attached hydrogens (tertiary/aromatic N) is 3. The molecule has 6 unspecified atom stereocenters. The molecule has 1 saturated carbocycles. The van der Waals surface area contributed by atoms with Crippen LogP contribution in [0.2, 0.25) is 0 Å². The maximum atomic E-state index is 14.4. The summed E-state index contributed by atoms with van der Waals surface area (Å²) in [7, 11) is 1.34. The molecular weight excluding hydrogens is 656 g/mol. The number of fused-ring (bicyclic) bond motifs is 4. The van der Waals surface area contributed by atoms with Crippen molar-refractivity contribution >= 4 is 63.9 Å². The van der Waals surface area contributed by atoms with Gasteiger partial charge < -0.3 is 9.84 Å². The number of rotatable bonds is 5. The molecule has 0 aromatic heterocycles. The fraction of sp³-hybridized carbons (Fsp3) is 0.273. The highest BCUT2D eigenvalue weighted by Gasteiger charge is 2.77. The van der Waals surface area contributed by atoms with Crippen molar-refractivity contribution in [2.24, 2.45) is 17.8 Å². The fourth-order valence-electron chi connectivity index (χ4n) is 7.66. The van der Waals surface area contributed by atoms with E-state index >= 15 is 0 Å². The number of aromatic hydroxyl groups is 1. The van der Waals surface area contributed by atoms with Gasteiger partial charge in [-0.05, 0) is 61.2 Å². The van der Waals surface area contributed by atoms with E-state index in [0.29, 0.717) is 5.57 Å². The van der Waals surface area contributed by atoms with Gasteiger partial charge in [-0.15, -0.1) is 23.2 Å². The number of phenolic OH excluding ortho intramolecular Hbond substituents is 1. The summed E-state index contributed by atoms with van der Waals surface area (Å²) >= 11 is 14.6. The van der Waals surface area contributed by atoms with Crippen LogP contribution in [0, 0.1) is 33.7 Å². The van der Waals surface area contributed by atoms with Gasteiger partial charge in [0.15, 0.2) is 21.2 Å². The van der Waals surface area contributed by atoms with Gasteiger partial charge in [0.2, 0.25) is 11.8 Å². The number of halogens is 3. The number of nitro benzene ring substituents is 1. The number of amides is 4. The van der Waals surface area contributed by atoms with Crippen LogP contribution in [0.3, 0.4) is 0 Å². The molecule has 2 saturated heterocycles. The number of methoxy groups -OCH3 is 1. The Balaban J connectivity index is 1.39. The van der Waals surface area contributed by atoms with E-state index in [-0.39, 0.29) is 47.0 Å². The number of carbonyl (C=O) groups excluding carboxylic acids is 4. The fourth-order valence-corrected chi connectivity index (χ4v) is 8.59. The van der Waals surface area contributed by atoms with Crippen molar-refractivity contribution in [3.63, 3.8) is 0 Å². The van der Waals surface area contributed by atoms with Gasteiger partial charge in [-0.2, -0.15) is 0 Å². The summed E-state index contributed by atoms with van der Waals surface area (Å²) in [5.74, 6) is -7.90. The van der Waals surface area contributed by atoms with Crippen LogP contribution in [0.4, 0.5) is 21.5 Å². The number of allylic oxidation sites excluding steroid dienone is 2. The predicted octanol–water partition coefficient (Wildman–Crippen LogP) is 5.22. The van der Waals surface area contributed by atoms with E-state index in [0.717, 1.165) is 21.9 Å². The van der Waals surface area contributed by atoms with E-state index in [1.807, 2.05) is 0 Å². The van der Waals surface area contributed by atoms with Gasteiger partial charge in [0.25, 0.3) is 17.5 Å². The van der Waals surface area contributed by atoms with E-state index in [4.69, 9.17) is 27.9 Å². The molecule has 240 valence electrons. The maximum Gasteiger partial charge on any atom is 0.269 e. The number of benzene rings is 3. The van der Waals surface area contributed by atoms with Gasteiger partial charge in [-0.1, -0.05) is 23.8 Å². The summed E-state index contributed by atoms with van der Waals surface area (Å²) in [4.78, 5) is 64.6. The lowest BCUT2D eigenvalue weighted by Crippen LogP contribution is -2.60. The number of phenols is 1. The third-order valence-electron chi connectivity index (χ3n) is 9.78. The number of nitro groups is 1. The molecule has 3 aromatic carbocycles. The van der Waals surface area contributed by atoms with E-state index in [1.54, 1.807) is 12.1 Å². The number of imide groups is 2. The summed E-state index contributed by atoms with van der Waals surface area (Å²) in [6.07, 6.45) is 1.46. The highest BCUT2D eigenvalue weighted by molar-refractivity contribution is 6.58. The number of non-ortho nitro benzene ring substituents is 1. The quantitative estimate of drug-likeness (QED) is 0.127. The molecule has 4 aliphatic rings. The normalized spacial score (nSPS) is 29.7. The Bertz CT molecular complexity index is 1940. The van der Waals surface area contributed by atoms with Gasteiger partial charge >= 0.3 is 0 Å². The zero-order valence-corrected chi connectivity index (χ0v) is 25.9. The van der Waals surface area contributed by atoms with E-state index in [9.17, 15) is 38.8 Å². The molecule has 0 spiro atoms. The number of carbonyl (C=O) groups is 4. The van der Waals surface area contributed by atoms with Crippen molar-refractivity contribution < 1.29 is 38.3 Å². The van der Waals surface area contributed by atoms with Crippen molar-refractivity contribution in [2.45, 2.75) is 28.5 Å². The molecule has 2 aliphatic heterocycles. The lowest BCUT2D eigenvalue weighted by Gasteiger charge is -2.50. The summed E-state index contributed by atoms with van der Waals surface area (Å²) < 4.78 is 19.2. The second kappa shape index (κ2) is 10.6. The minimum absolute atomic E-state index is 0.0239. The first-order valence-electron chi connectivity index (χ1n) is 14.6. The van der Waals surface area contributed by atoms with Gasteiger partial charge in [0.05, 0.1) is 35.2 Å². The highest BCUT2D eigenvalue weighted by atomic mass is 35.5. The molecule has 0 bridgehead atoms. The van der Waals surface area contributed by atoms with Crippen LogP contribution < -0.4 is 14.5 Å². The van der Waals surface area contributed by atoms with Crippen LogP contribution in [0.15, 0.2) is 78.4 Å². The number of hydrogen-bond acceptors (Lipinski definition) is 8. The highest BCUT2D eigenvalue weighted by Crippen LogP contribution is 2.66. The monoisotopic (exact) mass is 679 g/mol. The van der Waals surface area contributed by atoms with Crippen LogP contribution in [-0.4, -0.2) is 50.5 Å². The SMILES string of the molecule is COc1cccc(C2C3=CCC4C(=O)N(c5ccc([N+](=O)[O-])cc5)C(=O)C4C3CC3(Cl)C(=O)N(c4ccc(F)cc4)C(=O)C23Cl)c1O. The van der Waals surface area contributed by atoms with Crippen LogP contribution in [0.5, 0.6) is 11.5 Å². The Kier molecular flexibility index (Phi) is 6.96. The second-order valence-corrected chi connectivity index (χ2v) is 13.2. The maximum absolute atomic E-state index is 14.4. The molecule has 2 heterocycles. The van der Waals surface area contributed by atoms with Gasteiger partial charge in [0.1, 0.15) is 5.82 Å². The summed E-state index contributed by atoms with van der Waals surface area (Å²) in [5.41, 5.74) is 0.497. The molecule has 47 heavy (non-hydrogen) atoms. The van der Waals surface area contributed by atoms with Crippen LogP contribution in [0.1, 0.15) is 24.3 Å². The molecule has 6 atom stereocenters. The average Bonchev–Trinajstić information content (AvgIpc) is 3.39. The minimum Gasteiger partial charge on any atom is -0.504 e. The van der Waals surface area contributed by atoms with E-state index in [2.05, 4.69) is 0 Å². The first kappa shape index (κ1) is 30.8. The van der Waals surface area contributed by atoms with E-state index < -0.39 is 67.8 Å². The van der Waals surface area contributed by atoms with Crippen molar-refractivity contribution in [3.05, 3.63) is 99.9 Å². The van der Waals surface area contributed by atoms with Gasteiger partial charge in [-0.3, -0.25) is 34.2 Å². The molecule has 3 fully saturated rings. The van der Waals surface area contributed by atoms with Crippen LogP contribution in [0.25, 0.3) is 0 Å². The molecule has 3 aromatic rings. The van der Waals surface area contributed by atoms with Crippen molar-refractivity contribution in [2.75, 3.05) is 16.9 Å². The molecule has 11 nitrogen and oxygen atoms in total. The first-order chi connectivity index (χ1) is 22.3. The average molecular weight is 680 g/mol. The zero-order chi connectivity index (χ0) is 33.6. The van der Waals surface area contributed by atoms with Gasteiger partial charge in [-0.25, -0.2) is 9.29 Å². The smallest absolute Gasteiger partial charge is 0.269 e. The number of anilines is 2. The lowest BCUT2D eigenvalue weighted by atomic mass is 9.56. The zero-order valence-electron chi connectivity index (χ0n) is 24.4.